The molecule has 0 unspecified atom stereocenters. The molecule has 1 aliphatic heterocycles. The molecule has 5 nitrogen and oxygen atoms in total. The van der Waals surface area contributed by atoms with Crippen LogP contribution in [0.2, 0.25) is 5.15 Å². The van der Waals surface area contributed by atoms with Gasteiger partial charge in [0.1, 0.15) is 16.5 Å². The van der Waals surface area contributed by atoms with Gasteiger partial charge < -0.3 is 4.98 Å². The van der Waals surface area contributed by atoms with Crippen LogP contribution in [-0.2, 0) is 4.94 Å². The molecule has 2 heterocycles. The van der Waals surface area contributed by atoms with Crippen LogP contribution >= 0.6 is 23.2 Å². The lowest BCUT2D eigenvalue weighted by molar-refractivity contribution is 0.0355. The van der Waals surface area contributed by atoms with Crippen molar-refractivity contribution in [2.75, 3.05) is 0 Å². The van der Waals surface area contributed by atoms with Gasteiger partial charge in [0.15, 0.2) is 5.16 Å². The summed E-state index contributed by atoms with van der Waals surface area (Å²) in [7, 11) is 0. The molecule has 24 heavy (non-hydrogen) atoms. The number of benzene rings is 2. The van der Waals surface area contributed by atoms with Crippen molar-refractivity contribution in [3.05, 3.63) is 70.7 Å². The van der Waals surface area contributed by atoms with Crippen molar-refractivity contribution in [3.63, 3.8) is 0 Å². The molecule has 0 atom stereocenters. The van der Waals surface area contributed by atoms with E-state index in [0.29, 0.717) is 16.0 Å². The molecule has 2 aromatic carbocycles. The van der Waals surface area contributed by atoms with Gasteiger partial charge in [0.05, 0.1) is 6.33 Å². The first-order valence-electron chi connectivity index (χ1n) is 7.20. The summed E-state index contributed by atoms with van der Waals surface area (Å²) in [6, 6.07) is 16.1. The Bertz CT molecular complexity index is 901. The van der Waals surface area contributed by atoms with E-state index in [9.17, 15) is 0 Å². The zero-order chi connectivity index (χ0) is 16.5. The third kappa shape index (κ3) is 2.73. The van der Waals surface area contributed by atoms with E-state index >= 15 is 0 Å². The van der Waals surface area contributed by atoms with Crippen LogP contribution in [0, 0.1) is 0 Å². The normalized spacial score (nSPS) is 13.8. The monoisotopic (exact) mass is 358 g/mol. The van der Waals surface area contributed by atoms with Crippen LogP contribution in [-0.4, -0.2) is 9.97 Å². The van der Waals surface area contributed by atoms with Gasteiger partial charge in [-0.2, -0.15) is 4.94 Å². The number of hydrogen-bond donors (Lipinski definition) is 3. The average Bonchev–Trinajstić information content (AvgIpc) is 3.23. The van der Waals surface area contributed by atoms with Gasteiger partial charge in [-0.3, -0.25) is 0 Å². The first-order chi connectivity index (χ1) is 11.7. The Labute approximate surface area is 148 Å². The highest BCUT2D eigenvalue weighted by atomic mass is 35.5. The third-order valence-corrected chi connectivity index (χ3v) is 4.33. The van der Waals surface area contributed by atoms with Crippen LogP contribution in [0.25, 0.3) is 28.1 Å². The smallest absolute Gasteiger partial charge is 0.154 e. The van der Waals surface area contributed by atoms with Gasteiger partial charge in [-0.1, -0.05) is 71.7 Å². The van der Waals surface area contributed by atoms with Crippen LogP contribution in [0.15, 0.2) is 60.0 Å². The minimum absolute atomic E-state index is 0.433. The Kier molecular flexibility index (Phi) is 3.90. The minimum Gasteiger partial charge on any atom is -0.335 e. The molecule has 0 amide bonds. The second-order valence-electron chi connectivity index (χ2n) is 5.21. The zero-order valence-electron chi connectivity index (χ0n) is 12.3. The highest BCUT2D eigenvalue weighted by Crippen LogP contribution is 2.28. The number of nitrogens with one attached hydrogen (secondary N) is 3. The van der Waals surface area contributed by atoms with Gasteiger partial charge in [0, 0.05) is 11.1 Å². The summed E-state index contributed by atoms with van der Waals surface area (Å²) in [5, 5.41) is 0.972. The summed E-state index contributed by atoms with van der Waals surface area (Å²) in [5.74, 6) is 0. The van der Waals surface area contributed by atoms with Crippen LogP contribution < -0.4 is 11.0 Å². The van der Waals surface area contributed by atoms with Crippen molar-refractivity contribution in [1.29, 1.82) is 0 Å². The maximum atomic E-state index is 6.07. The molecule has 0 spiro atoms. The van der Waals surface area contributed by atoms with Gasteiger partial charge in [-0.05, 0) is 11.1 Å². The SMILES string of the molecule is ClC1=C(c2ccc(-c3ccc(-c4nc[nH]c4Cl)cc3)cc2)NON1. The number of imidazole rings is 1. The summed E-state index contributed by atoms with van der Waals surface area (Å²) in [6.45, 7) is 0. The number of H-pyrrole nitrogens is 1. The van der Waals surface area contributed by atoms with Crippen molar-refractivity contribution in [3.8, 4) is 22.4 Å². The first-order valence-corrected chi connectivity index (χ1v) is 7.96. The van der Waals surface area contributed by atoms with Gasteiger partial charge in [-0.25, -0.2) is 15.9 Å². The molecule has 1 aromatic heterocycles. The first kappa shape index (κ1) is 15.1. The molecule has 0 bridgehead atoms. The van der Waals surface area contributed by atoms with Crippen LogP contribution in [0.1, 0.15) is 5.56 Å². The lowest BCUT2D eigenvalue weighted by atomic mass is 10.0. The number of halogens is 2. The van der Waals surface area contributed by atoms with Gasteiger partial charge >= 0.3 is 0 Å². The zero-order valence-corrected chi connectivity index (χ0v) is 13.8. The summed E-state index contributed by atoms with van der Waals surface area (Å²) in [6.07, 6.45) is 1.58. The second kappa shape index (κ2) is 6.20. The van der Waals surface area contributed by atoms with E-state index in [4.69, 9.17) is 28.1 Å². The molecule has 120 valence electrons. The number of aromatic nitrogens is 2. The van der Waals surface area contributed by atoms with Crippen molar-refractivity contribution in [2.45, 2.75) is 0 Å². The van der Waals surface area contributed by atoms with Crippen molar-refractivity contribution in [1.82, 2.24) is 20.9 Å². The molecule has 0 saturated carbocycles. The minimum atomic E-state index is 0.433. The number of aromatic amines is 1. The lowest BCUT2D eigenvalue weighted by Gasteiger charge is -2.06. The van der Waals surface area contributed by atoms with Crippen molar-refractivity contribution >= 4 is 28.9 Å². The molecule has 3 aromatic rings. The second-order valence-corrected chi connectivity index (χ2v) is 5.97. The predicted molar refractivity (Wildman–Crippen MR) is 94.6 cm³/mol. The fraction of sp³-hybridized carbons (Fsp3) is 0. The lowest BCUT2D eigenvalue weighted by Crippen LogP contribution is -2.10. The largest absolute Gasteiger partial charge is 0.335 e. The number of hydrogen-bond acceptors (Lipinski definition) is 4. The van der Waals surface area contributed by atoms with E-state index in [1.165, 1.54) is 0 Å². The number of hydroxylamine groups is 2. The van der Waals surface area contributed by atoms with Crippen LogP contribution in [0.3, 0.4) is 0 Å². The molecule has 7 heteroatoms. The Hall–Kier alpha value is -2.47. The van der Waals surface area contributed by atoms with Crippen LogP contribution in [0.4, 0.5) is 0 Å². The van der Waals surface area contributed by atoms with E-state index in [1.807, 2.05) is 48.5 Å². The van der Waals surface area contributed by atoms with E-state index in [1.54, 1.807) is 6.33 Å². The fourth-order valence-electron chi connectivity index (χ4n) is 2.53. The van der Waals surface area contributed by atoms with E-state index in [-0.39, 0.29) is 0 Å². The fourth-order valence-corrected chi connectivity index (χ4v) is 2.93. The van der Waals surface area contributed by atoms with E-state index < -0.39 is 0 Å². The summed E-state index contributed by atoms with van der Waals surface area (Å²) in [5.41, 5.74) is 10.9. The van der Waals surface area contributed by atoms with Crippen molar-refractivity contribution < 1.29 is 4.94 Å². The van der Waals surface area contributed by atoms with E-state index in [2.05, 4.69) is 20.9 Å². The molecule has 0 saturated heterocycles. The molecule has 3 N–H and O–H groups in total. The summed E-state index contributed by atoms with van der Waals surface area (Å²) >= 11 is 12.1. The summed E-state index contributed by atoms with van der Waals surface area (Å²) in [4.78, 5) is 12.0. The van der Waals surface area contributed by atoms with Crippen molar-refractivity contribution in [2.24, 2.45) is 0 Å². The highest BCUT2D eigenvalue weighted by molar-refractivity contribution is 6.32. The van der Waals surface area contributed by atoms with E-state index in [0.717, 1.165) is 27.9 Å². The highest BCUT2D eigenvalue weighted by Gasteiger charge is 2.14. The predicted octanol–water partition coefficient (Wildman–Crippen LogP) is 4.30. The average molecular weight is 359 g/mol. The van der Waals surface area contributed by atoms with Gasteiger partial charge in [0.25, 0.3) is 0 Å². The Morgan fingerprint density at radius 3 is 1.83 bits per heavy atom. The van der Waals surface area contributed by atoms with Crippen LogP contribution in [0.5, 0.6) is 0 Å². The molecule has 4 rings (SSSR count). The third-order valence-electron chi connectivity index (χ3n) is 3.77. The number of rotatable bonds is 3. The molecule has 1 aliphatic rings. The Morgan fingerprint density at radius 2 is 1.33 bits per heavy atom. The molecular formula is C17H12Cl2N4O. The quantitative estimate of drug-likeness (QED) is 0.610. The Morgan fingerprint density at radius 1 is 0.750 bits per heavy atom. The maximum absolute atomic E-state index is 6.07. The topological polar surface area (TPSA) is 62.0 Å². The Balaban J connectivity index is 1.60. The number of nitrogens with zero attached hydrogens (tertiary/aromatic N) is 1. The van der Waals surface area contributed by atoms with Gasteiger partial charge in [0.2, 0.25) is 0 Å². The van der Waals surface area contributed by atoms with Gasteiger partial charge in [-0.15, -0.1) is 0 Å². The molecular weight excluding hydrogens is 347 g/mol. The molecule has 0 aliphatic carbocycles. The standard InChI is InChI=1S/C17H12Cl2N4O/c18-16-14(20-9-21-16)12-5-1-10(2-6-12)11-3-7-13(8-4-11)15-17(19)23-24-22-15/h1-9,22-23H,(H,20,21). The molecule has 0 fully saturated rings. The maximum Gasteiger partial charge on any atom is 0.154 e. The molecule has 0 radical (unpaired) electrons. The summed E-state index contributed by atoms with van der Waals surface area (Å²) < 4.78 is 0.